The maximum absolute atomic E-state index is 5.14. The number of nitrogens with zero attached hydrogens (tertiary/aromatic N) is 1. The second-order valence-corrected chi connectivity index (χ2v) is 5.70. The topological polar surface area (TPSA) is 22.1 Å². The molecule has 3 heteroatoms. The summed E-state index contributed by atoms with van der Waals surface area (Å²) in [6.07, 6.45) is 12.0. The van der Waals surface area contributed by atoms with Gasteiger partial charge in [0, 0.05) is 12.4 Å². The first-order chi connectivity index (χ1) is 11.8. The Balaban J connectivity index is 1.65. The van der Waals surface area contributed by atoms with Crippen molar-refractivity contribution in [2.24, 2.45) is 0 Å². The smallest absolute Gasteiger partial charge is 0.192 e. The summed E-state index contributed by atoms with van der Waals surface area (Å²) in [5, 5.41) is 0. The molecule has 1 heterocycles. The van der Waals surface area contributed by atoms with E-state index in [0.717, 1.165) is 16.9 Å². The number of halogens is 1. The highest BCUT2D eigenvalue weighted by molar-refractivity contribution is 14.1. The first-order valence-corrected chi connectivity index (χ1v) is 8.46. The Hall–Kier alpha value is -2.40. The van der Waals surface area contributed by atoms with Crippen molar-refractivity contribution in [3.63, 3.8) is 0 Å². The van der Waals surface area contributed by atoms with Crippen LogP contribution in [0.5, 0.6) is 5.75 Å². The molecule has 0 aliphatic heterocycles. The van der Waals surface area contributed by atoms with E-state index in [1.807, 2.05) is 59.4 Å². The lowest BCUT2D eigenvalue weighted by Crippen LogP contribution is -1.77. The predicted octanol–water partition coefficient (Wildman–Crippen LogP) is 6.15. The lowest BCUT2D eigenvalue weighted by molar-refractivity contribution is 0.717. The normalized spacial score (nSPS) is 11.2. The van der Waals surface area contributed by atoms with E-state index < -0.39 is 0 Å². The number of aromatic nitrogens is 1. The van der Waals surface area contributed by atoms with Crippen molar-refractivity contribution in [3.8, 4) is 5.75 Å². The van der Waals surface area contributed by atoms with Crippen LogP contribution >= 0.6 is 23.0 Å². The molecule has 0 saturated heterocycles. The predicted molar refractivity (Wildman–Crippen MR) is 110 cm³/mol. The summed E-state index contributed by atoms with van der Waals surface area (Å²) in [6, 6.07) is 20.4. The second kappa shape index (κ2) is 8.45. The Kier molecular flexibility index (Phi) is 5.80. The highest BCUT2D eigenvalue weighted by Gasteiger charge is 1.92. The van der Waals surface area contributed by atoms with Crippen molar-refractivity contribution < 1.29 is 3.07 Å². The molecule has 3 rings (SSSR count). The van der Waals surface area contributed by atoms with Gasteiger partial charge in [-0.3, -0.25) is 4.98 Å². The zero-order valence-electron chi connectivity index (χ0n) is 13.0. The monoisotopic (exact) mass is 425 g/mol. The maximum atomic E-state index is 5.14. The van der Waals surface area contributed by atoms with E-state index in [2.05, 4.69) is 53.6 Å². The zero-order chi connectivity index (χ0) is 16.6. The molecule has 0 N–H and O–H groups in total. The largest absolute Gasteiger partial charge is 0.428 e. The Morgan fingerprint density at radius 3 is 1.38 bits per heavy atom. The van der Waals surface area contributed by atoms with Gasteiger partial charge in [-0.1, -0.05) is 60.7 Å². The van der Waals surface area contributed by atoms with E-state index in [0.29, 0.717) is 0 Å². The van der Waals surface area contributed by atoms with Crippen LogP contribution in [0.4, 0.5) is 0 Å². The van der Waals surface area contributed by atoms with Crippen molar-refractivity contribution in [2.75, 3.05) is 0 Å². The van der Waals surface area contributed by atoms with Crippen molar-refractivity contribution >= 4 is 47.3 Å². The Bertz CT molecular complexity index is 822. The van der Waals surface area contributed by atoms with Gasteiger partial charge in [-0.2, -0.15) is 0 Å². The van der Waals surface area contributed by atoms with Crippen LogP contribution in [0.2, 0.25) is 0 Å². The number of hydrogen-bond donors (Lipinski definition) is 0. The molecule has 2 aromatic carbocycles. The molecular formula is C21H16INO. The van der Waals surface area contributed by atoms with Gasteiger partial charge in [0.1, 0.15) is 5.75 Å². The summed E-state index contributed by atoms with van der Waals surface area (Å²) in [5.41, 5.74) is 4.64. The van der Waals surface area contributed by atoms with Crippen LogP contribution in [0, 0.1) is 0 Å². The van der Waals surface area contributed by atoms with Crippen LogP contribution in [0.15, 0.2) is 73.1 Å². The summed E-state index contributed by atoms with van der Waals surface area (Å²) in [4.78, 5) is 4.02. The second-order valence-electron chi connectivity index (χ2n) is 5.26. The highest BCUT2D eigenvalue weighted by Crippen LogP contribution is 2.16. The Morgan fingerprint density at radius 1 is 0.583 bits per heavy atom. The quantitative estimate of drug-likeness (QED) is 0.361. The highest BCUT2D eigenvalue weighted by atomic mass is 127. The molecule has 0 fully saturated rings. The van der Waals surface area contributed by atoms with Gasteiger partial charge < -0.3 is 3.07 Å². The van der Waals surface area contributed by atoms with Crippen molar-refractivity contribution in [1.82, 2.24) is 4.98 Å². The molecule has 2 nitrogen and oxygen atoms in total. The fourth-order valence-corrected chi connectivity index (χ4v) is 2.50. The first-order valence-electron chi connectivity index (χ1n) is 7.58. The summed E-state index contributed by atoms with van der Waals surface area (Å²) >= 11 is 1.88. The first kappa shape index (κ1) is 16.5. The molecule has 0 radical (unpaired) electrons. The van der Waals surface area contributed by atoms with Gasteiger partial charge in [0.2, 0.25) is 0 Å². The van der Waals surface area contributed by atoms with Crippen LogP contribution in [0.1, 0.15) is 22.3 Å². The zero-order valence-corrected chi connectivity index (χ0v) is 15.1. The minimum absolute atomic E-state index is 0.859. The molecule has 0 unspecified atom stereocenters. The molecule has 0 aliphatic carbocycles. The van der Waals surface area contributed by atoms with Gasteiger partial charge in [-0.25, -0.2) is 0 Å². The van der Waals surface area contributed by atoms with Crippen molar-refractivity contribution in [1.29, 1.82) is 0 Å². The molecule has 1 aromatic heterocycles. The van der Waals surface area contributed by atoms with Gasteiger partial charge in [0.15, 0.2) is 23.0 Å². The Morgan fingerprint density at radius 2 is 0.958 bits per heavy atom. The maximum Gasteiger partial charge on any atom is 0.192 e. The molecule has 0 bridgehead atoms. The lowest BCUT2D eigenvalue weighted by atomic mass is 10.1. The molecule has 0 atom stereocenters. The Labute approximate surface area is 156 Å². The molecular weight excluding hydrogens is 409 g/mol. The van der Waals surface area contributed by atoms with E-state index in [4.69, 9.17) is 3.07 Å². The summed E-state index contributed by atoms with van der Waals surface area (Å²) in [5.74, 6) is 0.859. The van der Waals surface area contributed by atoms with Gasteiger partial charge in [0.25, 0.3) is 0 Å². The van der Waals surface area contributed by atoms with E-state index in [9.17, 15) is 0 Å². The molecule has 0 spiro atoms. The van der Waals surface area contributed by atoms with Crippen LogP contribution in [0.25, 0.3) is 24.3 Å². The summed E-state index contributed by atoms with van der Waals surface area (Å²) in [7, 11) is 0. The molecule has 118 valence electrons. The van der Waals surface area contributed by atoms with E-state index in [1.165, 1.54) is 11.1 Å². The minimum Gasteiger partial charge on any atom is -0.428 e. The molecule has 0 amide bonds. The van der Waals surface area contributed by atoms with Gasteiger partial charge in [0.05, 0.1) is 0 Å². The molecule has 0 aliphatic rings. The summed E-state index contributed by atoms with van der Waals surface area (Å²) in [6.45, 7) is 0. The number of hydrogen-bond acceptors (Lipinski definition) is 2. The summed E-state index contributed by atoms with van der Waals surface area (Å²) < 4.78 is 5.14. The molecule has 0 saturated carbocycles. The van der Waals surface area contributed by atoms with Crippen LogP contribution in [-0.4, -0.2) is 4.98 Å². The van der Waals surface area contributed by atoms with Gasteiger partial charge >= 0.3 is 0 Å². The standard InChI is InChI=1S/C21H16INO/c22-24-21-11-9-19(10-12-21)6-5-17-1-3-18(4-2-17)7-8-20-13-15-23-16-14-20/h1-16H. The third-order valence-electron chi connectivity index (χ3n) is 3.55. The number of pyridine rings is 1. The van der Waals surface area contributed by atoms with Crippen molar-refractivity contribution in [2.45, 2.75) is 0 Å². The minimum atomic E-state index is 0.859. The van der Waals surface area contributed by atoms with Crippen LogP contribution < -0.4 is 3.07 Å². The number of benzene rings is 2. The third-order valence-corrected chi connectivity index (χ3v) is 4.06. The fourth-order valence-electron chi connectivity index (χ4n) is 2.21. The third kappa shape index (κ3) is 4.80. The average Bonchev–Trinajstić information content (AvgIpc) is 2.67. The average molecular weight is 425 g/mol. The lowest BCUT2D eigenvalue weighted by Gasteiger charge is -1.99. The van der Waals surface area contributed by atoms with Gasteiger partial charge in [-0.05, 0) is 46.5 Å². The van der Waals surface area contributed by atoms with E-state index >= 15 is 0 Å². The SMILES string of the molecule is IOc1ccc(C=Cc2ccc(C=Cc3ccncc3)cc2)cc1. The van der Waals surface area contributed by atoms with Crippen molar-refractivity contribution in [3.05, 3.63) is 95.3 Å². The van der Waals surface area contributed by atoms with E-state index in [1.54, 1.807) is 12.4 Å². The number of rotatable bonds is 5. The van der Waals surface area contributed by atoms with Gasteiger partial charge in [-0.15, -0.1) is 0 Å². The van der Waals surface area contributed by atoms with Crippen LogP contribution in [0.3, 0.4) is 0 Å². The van der Waals surface area contributed by atoms with Crippen LogP contribution in [-0.2, 0) is 0 Å². The molecule has 3 aromatic rings. The fraction of sp³-hybridized carbons (Fsp3) is 0. The molecule has 24 heavy (non-hydrogen) atoms. The van der Waals surface area contributed by atoms with E-state index in [-0.39, 0.29) is 0 Å².